The van der Waals surface area contributed by atoms with E-state index in [1.165, 1.54) is 0 Å². The van der Waals surface area contributed by atoms with Gasteiger partial charge in [-0.1, -0.05) is 30.3 Å². The Hall–Kier alpha value is -2.55. The fourth-order valence-corrected chi connectivity index (χ4v) is 2.45. The molecule has 27 heavy (non-hydrogen) atoms. The topological polar surface area (TPSA) is 103 Å². The quantitative estimate of drug-likeness (QED) is 0.399. The number of amides is 2. The van der Waals surface area contributed by atoms with Crippen molar-refractivity contribution in [3.63, 3.8) is 0 Å². The van der Waals surface area contributed by atoms with Gasteiger partial charge in [0.05, 0.1) is 6.61 Å². The van der Waals surface area contributed by atoms with Crippen LogP contribution in [0.4, 0.5) is 10.5 Å². The molecule has 0 spiro atoms. The van der Waals surface area contributed by atoms with E-state index >= 15 is 0 Å². The number of hydrogen-bond acceptors (Lipinski definition) is 5. The summed E-state index contributed by atoms with van der Waals surface area (Å²) in [5.41, 5.74) is 1.60. The SMILES string of the molecule is [B]NC(=O)Nc1ccc(C[C@@H](CO)NC[C@H](O)COc2ccccc2)cc1. The van der Waals surface area contributed by atoms with Crippen LogP contribution in [0.25, 0.3) is 0 Å². The number of carbonyl (C=O) groups is 1. The largest absolute Gasteiger partial charge is 0.491 e. The molecule has 0 unspecified atom stereocenters. The van der Waals surface area contributed by atoms with Gasteiger partial charge in [0.15, 0.2) is 0 Å². The molecular formula is C19H24BN3O4. The highest BCUT2D eigenvalue weighted by Gasteiger charge is 2.12. The van der Waals surface area contributed by atoms with Crippen LogP contribution in [-0.4, -0.2) is 56.1 Å². The summed E-state index contributed by atoms with van der Waals surface area (Å²) in [7, 11) is 5.02. The van der Waals surface area contributed by atoms with Crippen LogP contribution in [0.1, 0.15) is 5.56 Å². The number of hydrogen-bond donors (Lipinski definition) is 5. The van der Waals surface area contributed by atoms with Gasteiger partial charge in [-0.15, -0.1) is 0 Å². The van der Waals surface area contributed by atoms with Gasteiger partial charge in [0.25, 0.3) is 0 Å². The van der Waals surface area contributed by atoms with E-state index in [1.807, 2.05) is 47.7 Å². The zero-order chi connectivity index (χ0) is 19.5. The van der Waals surface area contributed by atoms with Crippen LogP contribution in [0.3, 0.4) is 0 Å². The third-order valence-corrected chi connectivity index (χ3v) is 3.87. The van der Waals surface area contributed by atoms with E-state index in [0.29, 0.717) is 24.4 Å². The van der Waals surface area contributed by atoms with Crippen molar-refractivity contribution < 1.29 is 19.7 Å². The maximum atomic E-state index is 11.2. The van der Waals surface area contributed by atoms with Crippen molar-refractivity contribution in [2.75, 3.05) is 25.1 Å². The van der Waals surface area contributed by atoms with Crippen molar-refractivity contribution in [3.05, 3.63) is 60.2 Å². The van der Waals surface area contributed by atoms with E-state index in [-0.39, 0.29) is 19.3 Å². The zero-order valence-corrected chi connectivity index (χ0v) is 15.0. The highest BCUT2D eigenvalue weighted by molar-refractivity contribution is 6.16. The average Bonchev–Trinajstić information content (AvgIpc) is 2.71. The molecule has 2 aromatic carbocycles. The minimum atomic E-state index is -0.694. The van der Waals surface area contributed by atoms with Gasteiger partial charge >= 0.3 is 6.03 Å². The highest BCUT2D eigenvalue weighted by Crippen LogP contribution is 2.11. The van der Waals surface area contributed by atoms with Crippen molar-refractivity contribution in [2.24, 2.45) is 0 Å². The molecule has 0 aliphatic carbocycles. The summed E-state index contributed by atoms with van der Waals surface area (Å²) in [4.78, 5) is 11.2. The Balaban J connectivity index is 1.75. The number of carbonyl (C=O) groups excluding carboxylic acids is 1. The lowest BCUT2D eigenvalue weighted by Gasteiger charge is -2.19. The predicted molar refractivity (Wildman–Crippen MR) is 105 cm³/mol. The van der Waals surface area contributed by atoms with E-state index in [4.69, 9.17) is 12.7 Å². The van der Waals surface area contributed by atoms with Gasteiger partial charge in [-0.05, 0) is 36.2 Å². The number of urea groups is 1. The summed E-state index contributed by atoms with van der Waals surface area (Å²) in [6.07, 6.45) is -0.118. The number of anilines is 1. The highest BCUT2D eigenvalue weighted by atomic mass is 16.5. The molecule has 2 aromatic rings. The third kappa shape index (κ3) is 7.70. The van der Waals surface area contributed by atoms with Crippen LogP contribution in [0, 0.1) is 0 Å². The Morgan fingerprint density at radius 2 is 1.81 bits per heavy atom. The number of aliphatic hydroxyl groups excluding tert-OH is 2. The third-order valence-electron chi connectivity index (χ3n) is 3.87. The van der Waals surface area contributed by atoms with Crippen molar-refractivity contribution in [1.29, 1.82) is 0 Å². The molecule has 0 bridgehead atoms. The van der Waals surface area contributed by atoms with Crippen LogP contribution >= 0.6 is 0 Å². The van der Waals surface area contributed by atoms with E-state index in [1.54, 1.807) is 12.1 Å². The first kappa shape index (κ1) is 20.8. The number of para-hydroxylation sites is 1. The first-order valence-corrected chi connectivity index (χ1v) is 8.67. The molecule has 2 rings (SSSR count). The van der Waals surface area contributed by atoms with E-state index in [0.717, 1.165) is 5.56 Å². The standard InChI is InChI=1S/C19H24BN3O4/c20-23-19(26)22-15-8-6-14(7-9-15)10-16(12-24)21-11-17(25)13-27-18-4-2-1-3-5-18/h1-9,16-17,21,24-25H,10-13H2,(H2,22,23,26)/t16-,17-/m0/s1. The Morgan fingerprint density at radius 3 is 2.44 bits per heavy atom. The fraction of sp³-hybridized carbons (Fsp3) is 0.316. The maximum absolute atomic E-state index is 11.2. The summed E-state index contributed by atoms with van der Waals surface area (Å²) >= 11 is 0. The summed E-state index contributed by atoms with van der Waals surface area (Å²) in [5, 5.41) is 27.3. The van der Waals surface area contributed by atoms with Crippen LogP contribution in [0.15, 0.2) is 54.6 Å². The van der Waals surface area contributed by atoms with Gasteiger partial charge in [-0.2, -0.15) is 0 Å². The lowest BCUT2D eigenvalue weighted by atomic mass is 10.1. The van der Waals surface area contributed by atoms with Crippen molar-refractivity contribution in [2.45, 2.75) is 18.6 Å². The zero-order valence-electron chi connectivity index (χ0n) is 15.0. The molecule has 0 aliphatic heterocycles. The second-order valence-corrected chi connectivity index (χ2v) is 6.07. The fourth-order valence-electron chi connectivity index (χ4n) is 2.45. The summed E-state index contributed by atoms with van der Waals surface area (Å²) in [5.74, 6) is 0.701. The lowest BCUT2D eigenvalue weighted by molar-refractivity contribution is 0.0997. The van der Waals surface area contributed by atoms with Gasteiger partial charge in [-0.3, -0.25) is 0 Å². The maximum Gasteiger partial charge on any atom is 0.306 e. The molecule has 0 heterocycles. The molecule has 0 aromatic heterocycles. The minimum Gasteiger partial charge on any atom is -0.491 e. The smallest absolute Gasteiger partial charge is 0.306 e. The molecule has 142 valence electrons. The summed E-state index contributed by atoms with van der Waals surface area (Å²) < 4.78 is 5.51. The molecule has 7 nitrogen and oxygen atoms in total. The molecule has 0 saturated heterocycles. The van der Waals surface area contributed by atoms with Gasteiger partial charge in [-0.25, -0.2) is 4.79 Å². The lowest BCUT2D eigenvalue weighted by Crippen LogP contribution is -2.41. The second kappa shape index (κ2) is 11.2. The number of benzene rings is 2. The second-order valence-electron chi connectivity index (χ2n) is 6.07. The molecule has 0 fully saturated rings. The Morgan fingerprint density at radius 1 is 1.11 bits per heavy atom. The van der Waals surface area contributed by atoms with E-state index in [9.17, 15) is 15.0 Å². The minimum absolute atomic E-state index is 0.0676. The van der Waals surface area contributed by atoms with Crippen LogP contribution in [-0.2, 0) is 6.42 Å². The van der Waals surface area contributed by atoms with Crippen LogP contribution in [0.5, 0.6) is 5.75 Å². The van der Waals surface area contributed by atoms with Crippen LogP contribution in [0.2, 0.25) is 0 Å². The Bertz CT molecular complexity index is 685. The Kier molecular flexibility index (Phi) is 8.63. The normalized spacial score (nSPS) is 12.8. The van der Waals surface area contributed by atoms with Gasteiger partial charge in [0, 0.05) is 18.3 Å². The molecule has 0 aliphatic rings. The predicted octanol–water partition coefficient (Wildman–Crippen LogP) is 0.825. The molecule has 5 N–H and O–H groups in total. The first-order valence-electron chi connectivity index (χ1n) is 8.67. The monoisotopic (exact) mass is 369 g/mol. The van der Waals surface area contributed by atoms with Crippen molar-refractivity contribution >= 4 is 19.7 Å². The van der Waals surface area contributed by atoms with Crippen LogP contribution < -0.4 is 20.6 Å². The van der Waals surface area contributed by atoms with E-state index < -0.39 is 12.1 Å². The molecule has 2 amide bonds. The van der Waals surface area contributed by atoms with Gasteiger partial charge < -0.3 is 30.8 Å². The van der Waals surface area contributed by atoms with Gasteiger partial charge in [0.1, 0.15) is 18.5 Å². The van der Waals surface area contributed by atoms with Crippen molar-refractivity contribution in [1.82, 2.24) is 10.5 Å². The first-order chi connectivity index (χ1) is 13.1. The van der Waals surface area contributed by atoms with E-state index in [2.05, 4.69) is 10.6 Å². The molecule has 0 saturated carbocycles. The summed E-state index contributed by atoms with van der Waals surface area (Å²) in [6.45, 7) is 0.398. The van der Waals surface area contributed by atoms with Crippen molar-refractivity contribution in [3.8, 4) is 5.75 Å². The molecule has 2 atom stereocenters. The number of rotatable bonds is 10. The molecular weight excluding hydrogens is 345 g/mol. The number of nitrogens with one attached hydrogen (secondary N) is 3. The average molecular weight is 369 g/mol. The van der Waals surface area contributed by atoms with Gasteiger partial charge in [0.2, 0.25) is 7.98 Å². The Labute approximate surface area is 160 Å². The number of aliphatic hydroxyl groups is 2. The summed E-state index contributed by atoms with van der Waals surface area (Å²) in [6, 6.07) is 15.8. The number of ether oxygens (including phenoxy) is 1. The molecule has 2 radical (unpaired) electrons. The molecule has 8 heteroatoms.